The van der Waals surface area contributed by atoms with Crippen LogP contribution in [0, 0.1) is 13.8 Å². The number of carbonyl (C=O) groups is 1. The van der Waals surface area contributed by atoms with Crippen molar-refractivity contribution in [3.63, 3.8) is 0 Å². The van der Waals surface area contributed by atoms with Crippen molar-refractivity contribution in [3.05, 3.63) is 59.2 Å². The highest BCUT2D eigenvalue weighted by Crippen LogP contribution is 2.20. The molecule has 0 aliphatic carbocycles. The van der Waals surface area contributed by atoms with Crippen molar-refractivity contribution >= 4 is 6.03 Å². The van der Waals surface area contributed by atoms with Crippen LogP contribution in [0.4, 0.5) is 4.79 Å². The molecule has 2 rings (SSSR count). The molecule has 0 aliphatic rings. The van der Waals surface area contributed by atoms with E-state index in [0.29, 0.717) is 19.7 Å². The number of hydrogen-bond acceptors (Lipinski definition) is 3. The van der Waals surface area contributed by atoms with Crippen LogP contribution in [0.25, 0.3) is 0 Å². The molecule has 2 aromatic rings. The van der Waals surface area contributed by atoms with E-state index in [1.807, 2.05) is 43.3 Å². The number of urea groups is 1. The number of methoxy groups -OCH3 is 1. The van der Waals surface area contributed by atoms with E-state index in [9.17, 15) is 4.79 Å². The van der Waals surface area contributed by atoms with Crippen LogP contribution in [-0.2, 0) is 6.42 Å². The first-order valence-corrected chi connectivity index (χ1v) is 8.44. The molecule has 0 heterocycles. The highest BCUT2D eigenvalue weighted by molar-refractivity contribution is 5.73. The Bertz CT molecular complexity index is 701. The minimum atomic E-state index is -0.188. The summed E-state index contributed by atoms with van der Waals surface area (Å²) in [7, 11) is 1.64. The van der Waals surface area contributed by atoms with E-state index in [1.165, 1.54) is 5.56 Å². The zero-order valence-corrected chi connectivity index (χ0v) is 15.1. The summed E-state index contributed by atoms with van der Waals surface area (Å²) in [5.74, 6) is 1.69. The van der Waals surface area contributed by atoms with Gasteiger partial charge in [-0.05, 0) is 55.2 Å². The molecular weight excluding hydrogens is 316 g/mol. The van der Waals surface area contributed by atoms with E-state index in [0.717, 1.165) is 29.0 Å². The van der Waals surface area contributed by atoms with Gasteiger partial charge >= 0.3 is 6.03 Å². The summed E-state index contributed by atoms with van der Waals surface area (Å²) < 4.78 is 10.9. The van der Waals surface area contributed by atoms with Crippen molar-refractivity contribution in [2.75, 3.05) is 26.8 Å². The lowest BCUT2D eigenvalue weighted by Gasteiger charge is -2.12. The normalized spacial score (nSPS) is 10.2. The lowest BCUT2D eigenvalue weighted by Crippen LogP contribution is -2.38. The second-order valence-electron chi connectivity index (χ2n) is 5.83. The van der Waals surface area contributed by atoms with Gasteiger partial charge in [0.25, 0.3) is 0 Å². The van der Waals surface area contributed by atoms with E-state index in [-0.39, 0.29) is 6.03 Å². The topological polar surface area (TPSA) is 59.6 Å². The number of nitrogens with one attached hydrogen (secondary N) is 2. The molecule has 0 spiro atoms. The molecule has 0 unspecified atom stereocenters. The van der Waals surface area contributed by atoms with E-state index >= 15 is 0 Å². The molecule has 0 aromatic heterocycles. The van der Waals surface area contributed by atoms with Crippen molar-refractivity contribution in [3.8, 4) is 11.5 Å². The summed E-state index contributed by atoms with van der Waals surface area (Å²) in [6.07, 6.45) is 0.754. The first-order chi connectivity index (χ1) is 12.1. The van der Waals surface area contributed by atoms with Crippen molar-refractivity contribution in [1.82, 2.24) is 10.6 Å². The van der Waals surface area contributed by atoms with E-state index in [4.69, 9.17) is 9.47 Å². The Morgan fingerprint density at radius 3 is 2.60 bits per heavy atom. The Hall–Kier alpha value is -2.69. The molecule has 2 aromatic carbocycles. The smallest absolute Gasteiger partial charge is 0.314 e. The van der Waals surface area contributed by atoms with Gasteiger partial charge in [0.1, 0.15) is 18.1 Å². The van der Waals surface area contributed by atoms with Crippen LogP contribution in [0.2, 0.25) is 0 Å². The Kier molecular flexibility index (Phi) is 7.14. The molecular formula is C20H26N2O3. The third kappa shape index (κ3) is 6.03. The molecule has 0 aliphatic heterocycles. The molecule has 5 heteroatoms. The van der Waals surface area contributed by atoms with Crippen LogP contribution in [0.3, 0.4) is 0 Å². The highest BCUT2D eigenvalue weighted by atomic mass is 16.5. The number of ether oxygens (including phenoxy) is 2. The summed E-state index contributed by atoms with van der Waals surface area (Å²) in [6.45, 7) is 5.54. The zero-order valence-electron chi connectivity index (χ0n) is 15.1. The monoisotopic (exact) mass is 342 g/mol. The van der Waals surface area contributed by atoms with Gasteiger partial charge in [0, 0.05) is 6.54 Å². The summed E-state index contributed by atoms with van der Waals surface area (Å²) in [6, 6.07) is 13.6. The number of amides is 2. The predicted octanol–water partition coefficient (Wildman–Crippen LogP) is 3.23. The van der Waals surface area contributed by atoms with Gasteiger partial charge in [-0.2, -0.15) is 0 Å². The van der Waals surface area contributed by atoms with E-state index in [1.54, 1.807) is 7.11 Å². The van der Waals surface area contributed by atoms with Crippen molar-refractivity contribution in [2.24, 2.45) is 0 Å². The largest absolute Gasteiger partial charge is 0.497 e. The minimum Gasteiger partial charge on any atom is -0.497 e. The number of rotatable bonds is 8. The van der Waals surface area contributed by atoms with E-state index in [2.05, 4.69) is 23.6 Å². The SMILES string of the molecule is COc1cccc(CCNC(=O)NCCOc2cccc(C)c2C)c1. The standard InChI is InChI=1S/C20H26N2O3/c1-15-6-4-9-19(16(15)2)25-13-12-22-20(23)21-11-10-17-7-5-8-18(14-17)24-3/h4-9,14H,10-13H2,1-3H3,(H2,21,22,23). The van der Waals surface area contributed by atoms with Gasteiger partial charge in [-0.3, -0.25) is 0 Å². The molecule has 5 nitrogen and oxygen atoms in total. The first-order valence-electron chi connectivity index (χ1n) is 8.44. The van der Waals surface area contributed by atoms with Gasteiger partial charge in [-0.1, -0.05) is 24.3 Å². The molecule has 0 bridgehead atoms. The molecule has 0 saturated carbocycles. The summed E-state index contributed by atoms with van der Waals surface area (Å²) >= 11 is 0. The summed E-state index contributed by atoms with van der Waals surface area (Å²) in [5, 5.41) is 5.64. The molecule has 2 amide bonds. The molecule has 0 radical (unpaired) electrons. The number of benzene rings is 2. The molecule has 0 saturated heterocycles. The second-order valence-corrected chi connectivity index (χ2v) is 5.83. The van der Waals surface area contributed by atoms with Crippen LogP contribution in [0.1, 0.15) is 16.7 Å². The fourth-order valence-corrected chi connectivity index (χ4v) is 2.42. The maximum absolute atomic E-state index is 11.8. The Balaban J connectivity index is 1.63. The Morgan fingerprint density at radius 1 is 1.04 bits per heavy atom. The quantitative estimate of drug-likeness (QED) is 0.724. The fraction of sp³-hybridized carbons (Fsp3) is 0.350. The Morgan fingerprint density at radius 2 is 1.80 bits per heavy atom. The Labute approximate surface area is 149 Å². The van der Waals surface area contributed by atoms with Gasteiger partial charge in [-0.25, -0.2) is 4.79 Å². The van der Waals surface area contributed by atoms with Crippen molar-refractivity contribution in [1.29, 1.82) is 0 Å². The van der Waals surface area contributed by atoms with Crippen LogP contribution in [0.15, 0.2) is 42.5 Å². The van der Waals surface area contributed by atoms with Crippen molar-refractivity contribution < 1.29 is 14.3 Å². The maximum atomic E-state index is 11.8. The second kappa shape index (κ2) is 9.57. The molecule has 2 N–H and O–H groups in total. The number of aryl methyl sites for hydroxylation is 1. The highest BCUT2D eigenvalue weighted by Gasteiger charge is 2.03. The van der Waals surface area contributed by atoms with Gasteiger partial charge in [0.05, 0.1) is 13.7 Å². The van der Waals surface area contributed by atoms with Crippen molar-refractivity contribution in [2.45, 2.75) is 20.3 Å². The van der Waals surface area contributed by atoms with Crippen LogP contribution in [-0.4, -0.2) is 32.8 Å². The van der Waals surface area contributed by atoms with Gasteiger partial charge in [-0.15, -0.1) is 0 Å². The number of hydrogen-bond donors (Lipinski definition) is 2. The van der Waals surface area contributed by atoms with E-state index < -0.39 is 0 Å². The lowest BCUT2D eigenvalue weighted by molar-refractivity contribution is 0.236. The third-order valence-corrected chi connectivity index (χ3v) is 4.03. The molecule has 25 heavy (non-hydrogen) atoms. The van der Waals surface area contributed by atoms with Gasteiger partial charge in [0.15, 0.2) is 0 Å². The van der Waals surface area contributed by atoms with Crippen LogP contribution >= 0.6 is 0 Å². The first kappa shape index (κ1) is 18.6. The zero-order chi connectivity index (χ0) is 18.1. The molecule has 0 fully saturated rings. The van der Waals surface area contributed by atoms with Crippen LogP contribution < -0.4 is 20.1 Å². The average Bonchev–Trinajstić information content (AvgIpc) is 2.62. The minimum absolute atomic E-state index is 0.188. The molecule has 134 valence electrons. The predicted molar refractivity (Wildman–Crippen MR) is 99.5 cm³/mol. The van der Waals surface area contributed by atoms with Gasteiger partial charge in [0.2, 0.25) is 0 Å². The molecule has 0 atom stereocenters. The summed E-state index contributed by atoms with van der Waals surface area (Å²) in [4.78, 5) is 11.8. The summed E-state index contributed by atoms with van der Waals surface area (Å²) in [5.41, 5.74) is 3.45. The van der Waals surface area contributed by atoms with Crippen LogP contribution in [0.5, 0.6) is 11.5 Å². The van der Waals surface area contributed by atoms with Gasteiger partial charge < -0.3 is 20.1 Å². The average molecular weight is 342 g/mol. The maximum Gasteiger partial charge on any atom is 0.314 e. The number of carbonyl (C=O) groups excluding carboxylic acids is 1. The third-order valence-electron chi connectivity index (χ3n) is 4.03. The lowest BCUT2D eigenvalue weighted by atomic mass is 10.1. The fourth-order valence-electron chi connectivity index (χ4n) is 2.42.